The number of benzene rings is 3. The number of esters is 1. The van der Waals surface area contributed by atoms with Crippen molar-refractivity contribution in [2.45, 2.75) is 19.4 Å². The smallest absolute Gasteiger partial charge is 0.337 e. The van der Waals surface area contributed by atoms with Crippen LogP contribution in [0.25, 0.3) is 11.3 Å². The highest BCUT2D eigenvalue weighted by Crippen LogP contribution is 2.38. The van der Waals surface area contributed by atoms with Gasteiger partial charge in [-0.1, -0.05) is 48.5 Å². The lowest BCUT2D eigenvalue weighted by molar-refractivity contribution is -0.110. The summed E-state index contributed by atoms with van der Waals surface area (Å²) in [5.41, 5.74) is 5.89. The average molecular weight is 498 g/mol. The first-order valence-corrected chi connectivity index (χ1v) is 12.6. The monoisotopic (exact) mass is 497 g/mol. The van der Waals surface area contributed by atoms with E-state index in [9.17, 15) is 14.7 Å². The first-order valence-electron chi connectivity index (χ1n) is 12.6. The van der Waals surface area contributed by atoms with Gasteiger partial charge in [0.25, 0.3) is 5.91 Å². The maximum atomic E-state index is 13.2. The molecule has 0 saturated carbocycles. The van der Waals surface area contributed by atoms with Crippen molar-refractivity contribution in [3.8, 4) is 0 Å². The maximum Gasteiger partial charge on any atom is 0.337 e. The molecule has 1 amide bonds. The van der Waals surface area contributed by atoms with E-state index in [0.717, 1.165) is 49.3 Å². The fraction of sp³-hybridized carbons (Fsp3) is 0.267. The predicted molar refractivity (Wildman–Crippen MR) is 145 cm³/mol. The Morgan fingerprint density at radius 1 is 1.03 bits per heavy atom. The van der Waals surface area contributed by atoms with E-state index in [2.05, 4.69) is 27.7 Å². The Morgan fingerprint density at radius 2 is 1.76 bits per heavy atom. The number of nitrogens with one attached hydrogen (secondary N) is 2. The van der Waals surface area contributed by atoms with Crippen molar-refractivity contribution in [2.24, 2.45) is 5.92 Å². The number of hydrogen-bond donors (Lipinski definition) is 3. The Labute approximate surface area is 216 Å². The number of aliphatic hydroxyl groups excluding tert-OH is 1. The number of piperidine rings is 1. The first kappa shape index (κ1) is 24.7. The van der Waals surface area contributed by atoms with Crippen molar-refractivity contribution in [2.75, 3.05) is 37.4 Å². The highest BCUT2D eigenvalue weighted by atomic mass is 16.5. The van der Waals surface area contributed by atoms with Gasteiger partial charge in [0.1, 0.15) is 0 Å². The van der Waals surface area contributed by atoms with E-state index in [1.54, 1.807) is 18.2 Å². The van der Waals surface area contributed by atoms with Gasteiger partial charge in [-0.05, 0) is 67.2 Å². The summed E-state index contributed by atoms with van der Waals surface area (Å²) in [6, 6.07) is 23.1. The normalized spacial score (nSPS) is 17.2. The van der Waals surface area contributed by atoms with Gasteiger partial charge in [-0.3, -0.25) is 9.69 Å². The Hall–Kier alpha value is -3.94. The zero-order valence-corrected chi connectivity index (χ0v) is 20.9. The third-order valence-electron chi connectivity index (χ3n) is 7.09. The molecular weight excluding hydrogens is 466 g/mol. The second-order valence-corrected chi connectivity index (χ2v) is 9.55. The lowest BCUT2D eigenvalue weighted by Crippen LogP contribution is -2.34. The molecule has 190 valence electrons. The molecule has 0 aromatic heterocycles. The van der Waals surface area contributed by atoms with Gasteiger partial charge in [-0.2, -0.15) is 0 Å². The van der Waals surface area contributed by atoms with E-state index in [1.807, 2.05) is 42.5 Å². The second-order valence-electron chi connectivity index (χ2n) is 9.55. The summed E-state index contributed by atoms with van der Waals surface area (Å²) in [5.74, 6) is -0.253. The van der Waals surface area contributed by atoms with Gasteiger partial charge in [0.15, 0.2) is 0 Å². The molecule has 0 atom stereocenters. The molecule has 3 N–H and O–H groups in total. The number of carbonyl (C=O) groups excluding carboxylic acids is 2. The standard InChI is InChI=1S/C30H31N3O4/c1-37-30(36)23-9-12-25-26(17-23)32-29(35)27(25)28(22-5-3-2-4-6-22)31-24-10-7-20(8-11-24)18-33-15-13-21(19-34)14-16-33/h2-12,17,21,31,34H,13-16,18-19H2,1H3,(H,32,35). The molecule has 2 aliphatic heterocycles. The number of carbonyl (C=O) groups is 2. The molecule has 7 nitrogen and oxygen atoms in total. The Bertz CT molecular complexity index is 1310. The number of fused-ring (bicyclic) bond motifs is 1. The van der Waals surface area contributed by atoms with E-state index in [4.69, 9.17) is 4.74 Å². The van der Waals surface area contributed by atoms with Gasteiger partial charge in [-0.15, -0.1) is 0 Å². The fourth-order valence-corrected chi connectivity index (χ4v) is 4.97. The largest absolute Gasteiger partial charge is 0.465 e. The lowest BCUT2D eigenvalue weighted by Gasteiger charge is -2.31. The van der Waals surface area contributed by atoms with Gasteiger partial charge >= 0.3 is 5.97 Å². The number of anilines is 2. The summed E-state index contributed by atoms with van der Waals surface area (Å²) < 4.78 is 4.82. The third-order valence-corrected chi connectivity index (χ3v) is 7.09. The van der Waals surface area contributed by atoms with Crippen molar-refractivity contribution in [3.05, 3.63) is 95.1 Å². The van der Waals surface area contributed by atoms with Crippen LogP contribution in [0.3, 0.4) is 0 Å². The van der Waals surface area contributed by atoms with Crippen LogP contribution in [0.4, 0.5) is 11.4 Å². The number of ether oxygens (including phenoxy) is 1. The van der Waals surface area contributed by atoms with Crippen molar-refractivity contribution in [1.82, 2.24) is 4.90 Å². The molecule has 0 aliphatic carbocycles. The van der Waals surface area contributed by atoms with Gasteiger partial charge < -0.3 is 20.5 Å². The number of rotatable bonds is 7. The van der Waals surface area contributed by atoms with Gasteiger partial charge in [0.2, 0.25) is 0 Å². The number of hydrogen-bond acceptors (Lipinski definition) is 6. The van der Waals surface area contributed by atoms with E-state index < -0.39 is 5.97 Å². The molecule has 37 heavy (non-hydrogen) atoms. The first-order chi connectivity index (χ1) is 18.1. The van der Waals surface area contributed by atoms with Crippen LogP contribution < -0.4 is 10.6 Å². The molecule has 3 aromatic rings. The molecular formula is C30H31N3O4. The molecule has 0 bridgehead atoms. The molecule has 2 aliphatic rings. The zero-order chi connectivity index (χ0) is 25.8. The minimum atomic E-state index is -0.450. The second kappa shape index (κ2) is 11.0. The number of aliphatic hydroxyl groups is 1. The summed E-state index contributed by atoms with van der Waals surface area (Å²) in [4.78, 5) is 27.6. The quantitative estimate of drug-likeness (QED) is 0.326. The Morgan fingerprint density at radius 3 is 2.43 bits per heavy atom. The summed E-state index contributed by atoms with van der Waals surface area (Å²) in [6.07, 6.45) is 2.07. The predicted octanol–water partition coefficient (Wildman–Crippen LogP) is 4.61. The van der Waals surface area contributed by atoms with E-state index >= 15 is 0 Å². The third kappa shape index (κ3) is 5.43. The molecule has 1 saturated heterocycles. The molecule has 0 spiro atoms. The van der Waals surface area contributed by atoms with Crippen LogP contribution >= 0.6 is 0 Å². The SMILES string of the molecule is COC(=O)c1ccc2c(c1)NC(=O)C2=C(Nc1ccc(CN2CCC(CO)CC2)cc1)c1ccccc1. The minimum Gasteiger partial charge on any atom is -0.465 e. The minimum absolute atomic E-state index is 0.230. The topological polar surface area (TPSA) is 90.9 Å². The van der Waals surface area contributed by atoms with E-state index in [1.165, 1.54) is 12.7 Å². The van der Waals surface area contributed by atoms with E-state index in [-0.39, 0.29) is 12.5 Å². The highest BCUT2D eigenvalue weighted by molar-refractivity contribution is 6.37. The van der Waals surface area contributed by atoms with Crippen LogP contribution in [0, 0.1) is 5.92 Å². The summed E-state index contributed by atoms with van der Waals surface area (Å²) >= 11 is 0. The number of amides is 1. The van der Waals surface area contributed by atoms with Crippen LogP contribution in [0.5, 0.6) is 0 Å². The van der Waals surface area contributed by atoms with Crippen molar-refractivity contribution >= 4 is 34.5 Å². The average Bonchev–Trinajstić information content (AvgIpc) is 3.27. The van der Waals surface area contributed by atoms with Crippen molar-refractivity contribution < 1.29 is 19.4 Å². The van der Waals surface area contributed by atoms with Crippen molar-refractivity contribution in [1.29, 1.82) is 0 Å². The summed E-state index contributed by atoms with van der Waals surface area (Å²) in [5, 5.41) is 15.8. The molecule has 7 heteroatoms. The van der Waals surface area contributed by atoms with Gasteiger partial charge in [-0.25, -0.2) is 4.79 Å². The summed E-state index contributed by atoms with van der Waals surface area (Å²) in [7, 11) is 1.33. The Kier molecular flexibility index (Phi) is 7.35. The summed E-state index contributed by atoms with van der Waals surface area (Å²) in [6.45, 7) is 3.16. The maximum absolute atomic E-state index is 13.2. The highest BCUT2D eigenvalue weighted by Gasteiger charge is 2.29. The molecule has 5 rings (SSSR count). The number of nitrogens with zero attached hydrogens (tertiary/aromatic N) is 1. The Balaban J connectivity index is 1.42. The van der Waals surface area contributed by atoms with Gasteiger partial charge in [0.05, 0.1) is 29.6 Å². The number of likely N-dealkylation sites (tertiary alicyclic amines) is 1. The molecule has 0 unspecified atom stereocenters. The number of methoxy groups -OCH3 is 1. The van der Waals surface area contributed by atoms with Crippen molar-refractivity contribution in [3.63, 3.8) is 0 Å². The van der Waals surface area contributed by atoms with Crippen LogP contribution in [0.15, 0.2) is 72.8 Å². The lowest BCUT2D eigenvalue weighted by atomic mass is 9.97. The zero-order valence-electron chi connectivity index (χ0n) is 20.9. The fourth-order valence-electron chi connectivity index (χ4n) is 4.97. The van der Waals surface area contributed by atoms with Crippen LogP contribution in [0.2, 0.25) is 0 Å². The van der Waals surface area contributed by atoms with Gasteiger partial charge in [0, 0.05) is 24.4 Å². The molecule has 0 radical (unpaired) electrons. The molecule has 2 heterocycles. The van der Waals surface area contributed by atoms with E-state index in [0.29, 0.717) is 28.4 Å². The molecule has 3 aromatic carbocycles. The molecule has 1 fully saturated rings. The van der Waals surface area contributed by atoms with Crippen LogP contribution in [-0.4, -0.2) is 48.7 Å². The van der Waals surface area contributed by atoms with Crippen LogP contribution in [0.1, 0.15) is 39.9 Å². The van der Waals surface area contributed by atoms with Crippen LogP contribution in [-0.2, 0) is 16.1 Å².